The summed E-state index contributed by atoms with van der Waals surface area (Å²) in [7, 11) is 4.07. The van der Waals surface area contributed by atoms with Crippen molar-refractivity contribution in [1.29, 1.82) is 0 Å². The normalized spacial score (nSPS) is 15.3. The summed E-state index contributed by atoms with van der Waals surface area (Å²) < 4.78 is 0. The SMILES string of the molecule is CN1NN(C)C(c2ccccc2)=C1c1ccccc1. The third-order valence-corrected chi connectivity index (χ3v) is 3.29. The summed E-state index contributed by atoms with van der Waals surface area (Å²) in [6.45, 7) is 0. The summed E-state index contributed by atoms with van der Waals surface area (Å²) in [5.41, 5.74) is 8.10. The van der Waals surface area contributed by atoms with Crippen molar-refractivity contribution in [3.05, 3.63) is 71.8 Å². The van der Waals surface area contributed by atoms with Gasteiger partial charge in [-0.1, -0.05) is 60.7 Å². The lowest BCUT2D eigenvalue weighted by atomic mass is 10.1. The Labute approximate surface area is 113 Å². The summed E-state index contributed by atoms with van der Waals surface area (Å²) in [6, 6.07) is 20.9. The molecule has 0 bridgehead atoms. The van der Waals surface area contributed by atoms with Crippen molar-refractivity contribution in [3.63, 3.8) is 0 Å². The number of hydrogen-bond donors (Lipinski definition) is 1. The zero-order chi connectivity index (χ0) is 13.2. The van der Waals surface area contributed by atoms with E-state index in [2.05, 4.69) is 64.1 Å². The van der Waals surface area contributed by atoms with Crippen LogP contribution in [0.2, 0.25) is 0 Å². The van der Waals surface area contributed by atoms with Crippen LogP contribution < -0.4 is 5.53 Å². The minimum absolute atomic E-state index is 1.19. The molecule has 0 saturated heterocycles. The van der Waals surface area contributed by atoms with Gasteiger partial charge in [0.2, 0.25) is 0 Å². The number of hydrogen-bond acceptors (Lipinski definition) is 3. The van der Waals surface area contributed by atoms with Crippen molar-refractivity contribution >= 4 is 11.4 Å². The average Bonchev–Trinajstić information content (AvgIpc) is 2.75. The van der Waals surface area contributed by atoms with Gasteiger partial charge in [-0.3, -0.25) is 10.0 Å². The van der Waals surface area contributed by atoms with Crippen molar-refractivity contribution in [2.45, 2.75) is 0 Å². The minimum atomic E-state index is 1.19. The summed E-state index contributed by atoms with van der Waals surface area (Å²) >= 11 is 0. The van der Waals surface area contributed by atoms with Crippen LogP contribution in [0.3, 0.4) is 0 Å². The molecule has 3 nitrogen and oxygen atoms in total. The number of rotatable bonds is 2. The van der Waals surface area contributed by atoms with E-state index in [-0.39, 0.29) is 0 Å². The molecule has 3 heteroatoms. The molecule has 3 rings (SSSR count). The molecule has 0 aliphatic carbocycles. The second-order valence-electron chi connectivity index (χ2n) is 4.65. The van der Waals surface area contributed by atoms with Crippen molar-refractivity contribution in [1.82, 2.24) is 15.6 Å². The highest BCUT2D eigenvalue weighted by Gasteiger charge is 2.25. The fraction of sp³-hybridized carbons (Fsp3) is 0.125. The smallest absolute Gasteiger partial charge is 0.0860 e. The zero-order valence-corrected chi connectivity index (χ0v) is 11.2. The average molecular weight is 251 g/mol. The molecule has 2 aromatic rings. The molecule has 0 spiro atoms. The Balaban J connectivity index is 2.18. The number of hydrazine groups is 2. The molecule has 0 saturated carbocycles. The Bertz CT molecular complexity index is 536. The quantitative estimate of drug-likeness (QED) is 0.885. The van der Waals surface area contributed by atoms with E-state index in [1.807, 2.05) is 26.2 Å². The van der Waals surface area contributed by atoms with Gasteiger partial charge in [-0.05, 0) is 0 Å². The molecule has 0 aromatic heterocycles. The van der Waals surface area contributed by atoms with Gasteiger partial charge in [-0.2, -0.15) is 0 Å². The monoisotopic (exact) mass is 251 g/mol. The maximum atomic E-state index is 3.31. The van der Waals surface area contributed by atoms with E-state index in [4.69, 9.17) is 0 Å². The first-order chi connectivity index (χ1) is 9.27. The second kappa shape index (κ2) is 4.78. The van der Waals surface area contributed by atoms with Gasteiger partial charge in [0, 0.05) is 25.2 Å². The van der Waals surface area contributed by atoms with Crippen LogP contribution in [0.1, 0.15) is 11.1 Å². The first-order valence-corrected chi connectivity index (χ1v) is 6.36. The van der Waals surface area contributed by atoms with Crippen molar-refractivity contribution < 1.29 is 0 Å². The molecule has 1 aliphatic rings. The lowest BCUT2D eigenvalue weighted by Gasteiger charge is -2.17. The molecule has 19 heavy (non-hydrogen) atoms. The van der Waals surface area contributed by atoms with Crippen LogP contribution in [0, 0.1) is 0 Å². The lowest BCUT2D eigenvalue weighted by molar-refractivity contribution is 0.206. The van der Waals surface area contributed by atoms with Gasteiger partial charge in [-0.25, -0.2) is 0 Å². The van der Waals surface area contributed by atoms with E-state index in [0.717, 1.165) is 0 Å². The van der Waals surface area contributed by atoms with E-state index < -0.39 is 0 Å². The predicted molar refractivity (Wildman–Crippen MR) is 78.4 cm³/mol. The fourth-order valence-corrected chi connectivity index (χ4v) is 2.50. The Morgan fingerprint density at radius 3 is 1.37 bits per heavy atom. The number of nitrogens with zero attached hydrogens (tertiary/aromatic N) is 2. The Morgan fingerprint density at radius 2 is 1.00 bits per heavy atom. The van der Waals surface area contributed by atoms with Gasteiger partial charge >= 0.3 is 0 Å². The molecule has 0 atom stereocenters. The number of nitrogens with one attached hydrogen (secondary N) is 1. The van der Waals surface area contributed by atoms with Crippen LogP contribution in [-0.4, -0.2) is 24.1 Å². The second-order valence-corrected chi connectivity index (χ2v) is 4.65. The number of benzene rings is 2. The van der Waals surface area contributed by atoms with Crippen LogP contribution >= 0.6 is 0 Å². The summed E-state index contributed by atoms with van der Waals surface area (Å²) in [5, 5.41) is 4.11. The van der Waals surface area contributed by atoms with Gasteiger partial charge in [0.1, 0.15) is 0 Å². The van der Waals surface area contributed by atoms with Gasteiger partial charge in [-0.15, -0.1) is 5.53 Å². The molecule has 1 aliphatic heterocycles. The van der Waals surface area contributed by atoms with E-state index in [1.165, 1.54) is 22.5 Å². The van der Waals surface area contributed by atoms with Crippen LogP contribution in [0.25, 0.3) is 11.4 Å². The van der Waals surface area contributed by atoms with Crippen LogP contribution in [0.15, 0.2) is 60.7 Å². The van der Waals surface area contributed by atoms with Crippen molar-refractivity contribution in [3.8, 4) is 0 Å². The molecule has 1 heterocycles. The highest BCUT2D eigenvalue weighted by Crippen LogP contribution is 2.33. The van der Waals surface area contributed by atoms with Crippen LogP contribution in [0.4, 0.5) is 0 Å². The molecular formula is C16H17N3. The first-order valence-electron chi connectivity index (χ1n) is 6.36. The Morgan fingerprint density at radius 1 is 0.632 bits per heavy atom. The third-order valence-electron chi connectivity index (χ3n) is 3.29. The third kappa shape index (κ3) is 2.09. The minimum Gasteiger partial charge on any atom is -0.291 e. The molecule has 0 amide bonds. The predicted octanol–water partition coefficient (Wildman–Crippen LogP) is 2.81. The van der Waals surface area contributed by atoms with Gasteiger partial charge in [0.05, 0.1) is 11.4 Å². The standard InChI is InChI=1S/C16H17N3/c1-18-15(13-9-5-3-6-10-13)16(19(2)17-18)14-11-7-4-8-12-14/h3-12,17H,1-2H3. The summed E-state index contributed by atoms with van der Waals surface area (Å²) in [4.78, 5) is 0. The van der Waals surface area contributed by atoms with E-state index in [9.17, 15) is 0 Å². The molecule has 0 fully saturated rings. The molecular weight excluding hydrogens is 234 g/mol. The van der Waals surface area contributed by atoms with E-state index in [1.54, 1.807) is 0 Å². The van der Waals surface area contributed by atoms with E-state index >= 15 is 0 Å². The van der Waals surface area contributed by atoms with E-state index in [0.29, 0.717) is 0 Å². The van der Waals surface area contributed by atoms with Crippen LogP contribution in [0.5, 0.6) is 0 Å². The summed E-state index contributed by atoms with van der Waals surface area (Å²) in [6.07, 6.45) is 0. The highest BCUT2D eigenvalue weighted by molar-refractivity contribution is 5.89. The first kappa shape index (κ1) is 11.8. The highest BCUT2D eigenvalue weighted by atomic mass is 15.8. The maximum Gasteiger partial charge on any atom is 0.0860 e. The Kier molecular flexibility index (Phi) is 2.97. The largest absolute Gasteiger partial charge is 0.291 e. The van der Waals surface area contributed by atoms with Gasteiger partial charge in [0.25, 0.3) is 0 Å². The maximum absolute atomic E-state index is 3.31. The topological polar surface area (TPSA) is 18.5 Å². The Hall–Kier alpha value is -2.26. The lowest BCUT2D eigenvalue weighted by Crippen LogP contribution is -2.35. The summed E-state index contributed by atoms with van der Waals surface area (Å²) in [5.74, 6) is 0. The van der Waals surface area contributed by atoms with Crippen molar-refractivity contribution in [2.75, 3.05) is 14.1 Å². The fourth-order valence-electron chi connectivity index (χ4n) is 2.50. The molecule has 0 radical (unpaired) electrons. The van der Waals surface area contributed by atoms with Gasteiger partial charge < -0.3 is 0 Å². The molecule has 0 unspecified atom stereocenters. The zero-order valence-electron chi connectivity index (χ0n) is 11.2. The molecule has 2 aromatic carbocycles. The molecule has 96 valence electrons. The van der Waals surface area contributed by atoms with Crippen molar-refractivity contribution in [2.24, 2.45) is 0 Å². The van der Waals surface area contributed by atoms with Gasteiger partial charge in [0.15, 0.2) is 0 Å². The van der Waals surface area contributed by atoms with Crippen LogP contribution in [-0.2, 0) is 0 Å². The molecule has 1 N–H and O–H groups in total.